The molecule has 1 amide bonds. The van der Waals surface area contributed by atoms with E-state index in [-0.39, 0.29) is 10.5 Å². The molecule has 0 atom stereocenters. The van der Waals surface area contributed by atoms with Crippen molar-refractivity contribution in [1.82, 2.24) is 9.71 Å². The van der Waals surface area contributed by atoms with Crippen LogP contribution in [0.4, 0.5) is 4.39 Å². The molecule has 1 fully saturated rings. The molecule has 0 unspecified atom stereocenters. The molecule has 5 nitrogen and oxygen atoms in total. The summed E-state index contributed by atoms with van der Waals surface area (Å²) in [5.41, 5.74) is -0.377. The molecule has 1 aromatic heterocycles. The maximum absolute atomic E-state index is 12.8. The second-order valence-corrected chi connectivity index (χ2v) is 6.42. The fourth-order valence-corrected chi connectivity index (χ4v) is 2.78. The fourth-order valence-electron chi connectivity index (χ4n) is 1.51. The molecule has 0 radical (unpaired) electrons. The van der Waals surface area contributed by atoms with Gasteiger partial charge in [-0.2, -0.15) is 4.39 Å². The van der Waals surface area contributed by atoms with Crippen molar-refractivity contribution < 1.29 is 17.6 Å². The SMILES string of the molecule is Cc1cc(F)ncc1S(=O)(=O)NC(=O)C1(C)CC1. The summed E-state index contributed by atoms with van der Waals surface area (Å²) in [5.74, 6) is -1.28. The Bertz CT molecular complexity index is 609. The third-order valence-corrected chi connectivity index (χ3v) is 4.55. The van der Waals surface area contributed by atoms with Crippen LogP contribution < -0.4 is 4.72 Å². The zero-order chi connectivity index (χ0) is 13.6. The number of nitrogens with zero attached hydrogens (tertiary/aromatic N) is 1. The Hall–Kier alpha value is -1.50. The van der Waals surface area contributed by atoms with E-state index in [1.165, 1.54) is 6.92 Å². The molecule has 1 heterocycles. The minimum atomic E-state index is -3.98. The molecule has 18 heavy (non-hydrogen) atoms. The van der Waals surface area contributed by atoms with Crippen molar-refractivity contribution in [2.75, 3.05) is 0 Å². The van der Waals surface area contributed by atoms with Gasteiger partial charge in [-0.1, -0.05) is 6.92 Å². The number of aromatic nitrogens is 1. The number of hydrogen-bond donors (Lipinski definition) is 1. The van der Waals surface area contributed by atoms with Gasteiger partial charge in [0.25, 0.3) is 10.0 Å². The van der Waals surface area contributed by atoms with Crippen LogP contribution in [-0.4, -0.2) is 19.3 Å². The Balaban J connectivity index is 2.28. The van der Waals surface area contributed by atoms with E-state index in [4.69, 9.17) is 0 Å². The molecule has 0 saturated heterocycles. The lowest BCUT2D eigenvalue weighted by Gasteiger charge is -2.11. The van der Waals surface area contributed by atoms with Gasteiger partial charge in [0.05, 0.1) is 6.20 Å². The molecule has 1 saturated carbocycles. The van der Waals surface area contributed by atoms with Crippen molar-refractivity contribution in [3.05, 3.63) is 23.8 Å². The minimum absolute atomic E-state index is 0.179. The summed E-state index contributed by atoms with van der Waals surface area (Å²) in [6.07, 6.45) is 2.26. The van der Waals surface area contributed by atoms with Crippen molar-refractivity contribution in [2.24, 2.45) is 5.41 Å². The van der Waals surface area contributed by atoms with Gasteiger partial charge < -0.3 is 0 Å². The van der Waals surface area contributed by atoms with Gasteiger partial charge in [-0.15, -0.1) is 0 Å². The van der Waals surface area contributed by atoms with Gasteiger partial charge in [0.1, 0.15) is 4.90 Å². The highest BCUT2D eigenvalue weighted by Gasteiger charge is 2.46. The van der Waals surface area contributed by atoms with Crippen LogP contribution in [0.2, 0.25) is 0 Å². The van der Waals surface area contributed by atoms with Crippen molar-refractivity contribution in [1.29, 1.82) is 0 Å². The zero-order valence-corrected chi connectivity index (χ0v) is 10.8. The van der Waals surface area contributed by atoms with Crippen LogP contribution in [0.3, 0.4) is 0 Å². The number of nitrogens with one attached hydrogen (secondary N) is 1. The van der Waals surface area contributed by atoms with Crippen LogP contribution in [0, 0.1) is 18.3 Å². The number of halogens is 1. The molecular weight excluding hydrogens is 259 g/mol. The molecule has 0 bridgehead atoms. The van der Waals surface area contributed by atoms with Crippen LogP contribution in [0.15, 0.2) is 17.2 Å². The average molecular weight is 272 g/mol. The molecule has 98 valence electrons. The molecule has 7 heteroatoms. The summed E-state index contributed by atoms with van der Waals surface area (Å²) in [5, 5.41) is 0. The topological polar surface area (TPSA) is 76.1 Å². The highest BCUT2D eigenvalue weighted by Crippen LogP contribution is 2.45. The van der Waals surface area contributed by atoms with Crippen LogP contribution >= 0.6 is 0 Å². The van der Waals surface area contributed by atoms with Crippen molar-refractivity contribution >= 4 is 15.9 Å². The standard InChI is InChI=1S/C11H13FN2O3S/c1-7-5-9(12)13-6-8(7)18(16,17)14-10(15)11(2)3-4-11/h5-6H,3-4H2,1-2H3,(H,14,15). The lowest BCUT2D eigenvalue weighted by molar-refractivity contribution is -0.123. The summed E-state index contributed by atoms with van der Waals surface area (Å²) in [6, 6.07) is 1.01. The Kier molecular flexibility index (Phi) is 2.89. The number of aryl methyl sites for hydroxylation is 1. The molecule has 0 aromatic carbocycles. The molecule has 1 aliphatic rings. The number of carbonyl (C=O) groups excluding carboxylic acids is 1. The lowest BCUT2D eigenvalue weighted by Crippen LogP contribution is -2.36. The van der Waals surface area contributed by atoms with E-state index in [1.54, 1.807) is 6.92 Å². The van der Waals surface area contributed by atoms with E-state index >= 15 is 0 Å². The number of sulfonamides is 1. The molecule has 0 spiro atoms. The maximum atomic E-state index is 12.8. The van der Waals surface area contributed by atoms with E-state index in [0.717, 1.165) is 12.3 Å². The first kappa shape index (κ1) is 12.9. The first-order chi connectivity index (χ1) is 8.24. The Morgan fingerprint density at radius 1 is 1.50 bits per heavy atom. The summed E-state index contributed by atoms with van der Waals surface area (Å²) >= 11 is 0. The summed E-state index contributed by atoms with van der Waals surface area (Å²) in [6.45, 7) is 3.15. The molecule has 1 N–H and O–H groups in total. The third-order valence-electron chi connectivity index (χ3n) is 3.09. The average Bonchev–Trinajstić information content (AvgIpc) is 2.96. The normalized spacial score (nSPS) is 17.3. The van der Waals surface area contributed by atoms with Crippen LogP contribution in [0.25, 0.3) is 0 Å². The van der Waals surface area contributed by atoms with Crippen molar-refractivity contribution in [3.8, 4) is 0 Å². The monoisotopic (exact) mass is 272 g/mol. The molecule has 2 rings (SSSR count). The second-order valence-electron chi connectivity index (χ2n) is 4.77. The van der Waals surface area contributed by atoms with E-state index in [0.29, 0.717) is 12.8 Å². The number of amides is 1. The van der Waals surface area contributed by atoms with Gasteiger partial charge >= 0.3 is 0 Å². The van der Waals surface area contributed by atoms with E-state index in [2.05, 4.69) is 4.98 Å². The van der Waals surface area contributed by atoms with Gasteiger partial charge in [0.2, 0.25) is 11.9 Å². The fraction of sp³-hybridized carbons (Fsp3) is 0.455. The van der Waals surface area contributed by atoms with Gasteiger partial charge in [0, 0.05) is 5.41 Å². The highest BCUT2D eigenvalue weighted by molar-refractivity contribution is 7.90. The van der Waals surface area contributed by atoms with Crippen LogP contribution in [0.1, 0.15) is 25.3 Å². The van der Waals surface area contributed by atoms with Crippen LogP contribution in [0.5, 0.6) is 0 Å². The van der Waals surface area contributed by atoms with E-state index in [1.807, 2.05) is 4.72 Å². The number of rotatable bonds is 3. The van der Waals surface area contributed by atoms with Crippen molar-refractivity contribution in [2.45, 2.75) is 31.6 Å². The smallest absolute Gasteiger partial charge is 0.265 e. The number of pyridine rings is 1. The Morgan fingerprint density at radius 3 is 2.61 bits per heavy atom. The van der Waals surface area contributed by atoms with Crippen LogP contribution in [-0.2, 0) is 14.8 Å². The lowest BCUT2D eigenvalue weighted by atomic mass is 10.1. The predicted octanol–water partition coefficient (Wildman–Crippen LogP) is 1.13. The maximum Gasteiger partial charge on any atom is 0.265 e. The van der Waals surface area contributed by atoms with Gasteiger partial charge in [-0.3, -0.25) is 4.79 Å². The predicted molar refractivity (Wildman–Crippen MR) is 61.6 cm³/mol. The minimum Gasteiger partial charge on any atom is -0.273 e. The number of hydrogen-bond acceptors (Lipinski definition) is 4. The molecule has 1 aliphatic carbocycles. The number of carbonyl (C=O) groups is 1. The van der Waals surface area contributed by atoms with Gasteiger partial charge in [-0.25, -0.2) is 18.1 Å². The first-order valence-electron chi connectivity index (χ1n) is 5.44. The first-order valence-corrected chi connectivity index (χ1v) is 6.92. The molecule has 0 aliphatic heterocycles. The van der Waals surface area contributed by atoms with E-state index < -0.39 is 27.3 Å². The Morgan fingerprint density at radius 2 is 2.11 bits per heavy atom. The zero-order valence-electron chi connectivity index (χ0n) is 10.0. The molecular formula is C11H13FN2O3S. The second kappa shape index (κ2) is 4.01. The third kappa shape index (κ3) is 2.35. The summed E-state index contributed by atoms with van der Waals surface area (Å²) < 4.78 is 38.7. The summed E-state index contributed by atoms with van der Waals surface area (Å²) in [7, 11) is -3.98. The quantitative estimate of drug-likeness (QED) is 0.837. The highest BCUT2D eigenvalue weighted by atomic mass is 32.2. The van der Waals surface area contributed by atoms with Gasteiger partial charge in [0.15, 0.2) is 0 Å². The largest absolute Gasteiger partial charge is 0.273 e. The van der Waals surface area contributed by atoms with Crippen molar-refractivity contribution in [3.63, 3.8) is 0 Å². The summed E-state index contributed by atoms with van der Waals surface area (Å²) in [4.78, 5) is 14.8. The molecule has 1 aromatic rings. The van der Waals surface area contributed by atoms with E-state index in [9.17, 15) is 17.6 Å². The van der Waals surface area contributed by atoms with Gasteiger partial charge in [-0.05, 0) is 31.4 Å². The Labute approximate surface area is 104 Å².